The summed E-state index contributed by atoms with van der Waals surface area (Å²) in [4.78, 5) is 15.0. The van der Waals surface area contributed by atoms with Gasteiger partial charge in [-0.15, -0.1) is 0 Å². The van der Waals surface area contributed by atoms with Crippen molar-refractivity contribution in [2.24, 2.45) is 0 Å². The minimum Gasteiger partial charge on any atom is -0.317 e. The van der Waals surface area contributed by atoms with Crippen LogP contribution in [0, 0.1) is 10.1 Å². The van der Waals surface area contributed by atoms with Gasteiger partial charge in [-0.2, -0.15) is 0 Å². The summed E-state index contributed by atoms with van der Waals surface area (Å²) in [5, 5.41) is 15.8. The van der Waals surface area contributed by atoms with Crippen LogP contribution in [-0.2, 0) is 0 Å². The molecule has 0 amide bonds. The number of piperidine rings is 1. The van der Waals surface area contributed by atoms with Gasteiger partial charge in [-0.25, -0.2) is 4.98 Å². The predicted octanol–water partition coefficient (Wildman–Crippen LogP) is 3.29. The first kappa shape index (κ1) is 15.6. The third kappa shape index (κ3) is 2.94. The van der Waals surface area contributed by atoms with E-state index < -0.39 is 4.92 Å². The number of hydrogen-bond donors (Lipinski definition) is 2. The molecule has 0 saturated carbocycles. The molecule has 1 fully saturated rings. The van der Waals surface area contributed by atoms with Crippen LogP contribution in [0.15, 0.2) is 48.8 Å². The Balaban J connectivity index is 1.77. The highest BCUT2D eigenvalue weighted by atomic mass is 16.6. The summed E-state index contributed by atoms with van der Waals surface area (Å²) in [5.41, 5.74) is 5.34. The summed E-state index contributed by atoms with van der Waals surface area (Å²) >= 11 is 0. The predicted molar refractivity (Wildman–Crippen MR) is 96.7 cm³/mol. The molecular weight excluding hydrogens is 318 g/mol. The van der Waals surface area contributed by atoms with Gasteiger partial charge in [0.25, 0.3) is 0 Å². The van der Waals surface area contributed by atoms with E-state index >= 15 is 0 Å². The van der Waals surface area contributed by atoms with Crippen molar-refractivity contribution >= 4 is 22.4 Å². The van der Waals surface area contributed by atoms with E-state index in [1.165, 1.54) is 17.0 Å². The maximum Gasteiger partial charge on any atom is 0.313 e. The van der Waals surface area contributed by atoms with Crippen LogP contribution in [0.5, 0.6) is 0 Å². The topological polar surface area (TPSA) is 85.0 Å². The smallest absolute Gasteiger partial charge is 0.313 e. The molecule has 7 heteroatoms. The van der Waals surface area contributed by atoms with Gasteiger partial charge in [0.2, 0.25) is 5.82 Å². The second kappa shape index (κ2) is 6.52. The molecular formula is C18H19N5O2. The van der Waals surface area contributed by atoms with Gasteiger partial charge in [0.05, 0.1) is 10.4 Å². The van der Waals surface area contributed by atoms with Crippen LogP contribution in [0.1, 0.15) is 24.3 Å². The molecule has 128 valence electrons. The zero-order valence-corrected chi connectivity index (χ0v) is 13.7. The summed E-state index contributed by atoms with van der Waals surface area (Å²) in [5.74, 6) is 0.734. The van der Waals surface area contributed by atoms with Gasteiger partial charge < -0.3 is 5.32 Å². The van der Waals surface area contributed by atoms with E-state index in [1.54, 1.807) is 12.3 Å². The van der Waals surface area contributed by atoms with Crippen LogP contribution < -0.4 is 10.7 Å². The van der Waals surface area contributed by atoms with Crippen molar-refractivity contribution < 1.29 is 4.92 Å². The quantitative estimate of drug-likeness (QED) is 0.564. The molecule has 1 aliphatic heterocycles. The number of para-hydroxylation sites is 1. The monoisotopic (exact) mass is 337 g/mol. The number of aromatic nitrogens is 2. The van der Waals surface area contributed by atoms with E-state index in [9.17, 15) is 10.1 Å². The van der Waals surface area contributed by atoms with E-state index in [2.05, 4.69) is 28.0 Å². The Kier molecular flexibility index (Phi) is 4.07. The molecule has 7 nitrogen and oxygen atoms in total. The Morgan fingerprint density at radius 2 is 2.00 bits per heavy atom. The Morgan fingerprint density at radius 3 is 2.80 bits per heavy atom. The number of nitrogens with zero attached hydrogens (tertiary/aromatic N) is 3. The first-order valence-corrected chi connectivity index (χ1v) is 8.41. The lowest BCUT2D eigenvalue weighted by Gasteiger charge is -2.22. The standard InChI is InChI=1S/C18H19N5O2/c24-23(25)17-6-3-9-20-18(17)21-22-12-15(13-7-10-19-11-8-13)14-4-1-2-5-16(14)22/h1-6,9,12-13,19H,7-8,10-11H2,(H,20,21). The normalized spacial score (nSPS) is 15.4. The van der Waals surface area contributed by atoms with Crippen molar-refractivity contribution in [3.8, 4) is 0 Å². The molecule has 0 atom stereocenters. The molecule has 0 aliphatic carbocycles. The molecule has 2 aromatic heterocycles. The maximum atomic E-state index is 11.2. The first-order valence-electron chi connectivity index (χ1n) is 8.41. The van der Waals surface area contributed by atoms with E-state index in [4.69, 9.17) is 0 Å². The van der Waals surface area contributed by atoms with Gasteiger partial charge >= 0.3 is 5.69 Å². The molecule has 0 radical (unpaired) electrons. The molecule has 1 aromatic carbocycles. The highest BCUT2D eigenvalue weighted by Gasteiger charge is 2.21. The lowest BCUT2D eigenvalue weighted by Crippen LogP contribution is -2.26. The minimum absolute atomic E-state index is 0.0382. The molecule has 4 rings (SSSR count). The summed E-state index contributed by atoms with van der Waals surface area (Å²) in [7, 11) is 0. The zero-order valence-electron chi connectivity index (χ0n) is 13.7. The molecule has 3 heterocycles. The lowest BCUT2D eigenvalue weighted by atomic mass is 9.90. The fourth-order valence-electron chi connectivity index (χ4n) is 3.50. The summed E-state index contributed by atoms with van der Waals surface area (Å²) in [6.45, 7) is 2.03. The van der Waals surface area contributed by atoms with Crippen LogP contribution in [0.25, 0.3) is 10.9 Å². The number of nitrogens with one attached hydrogen (secondary N) is 2. The lowest BCUT2D eigenvalue weighted by molar-refractivity contribution is -0.384. The Morgan fingerprint density at radius 1 is 1.20 bits per heavy atom. The van der Waals surface area contributed by atoms with Crippen LogP contribution in [0.2, 0.25) is 0 Å². The van der Waals surface area contributed by atoms with E-state index in [0.717, 1.165) is 31.4 Å². The second-order valence-corrected chi connectivity index (χ2v) is 6.24. The fourth-order valence-corrected chi connectivity index (χ4v) is 3.50. The van der Waals surface area contributed by atoms with E-state index in [0.29, 0.717) is 5.92 Å². The SMILES string of the molecule is O=[N+]([O-])c1cccnc1Nn1cc(C2CCNCC2)c2ccccc21. The molecule has 0 unspecified atom stereocenters. The van der Waals surface area contributed by atoms with Crippen LogP contribution in [0.4, 0.5) is 11.5 Å². The Labute approximate surface area is 144 Å². The molecule has 0 bridgehead atoms. The van der Waals surface area contributed by atoms with Crippen LogP contribution >= 0.6 is 0 Å². The number of pyridine rings is 1. The van der Waals surface area contributed by atoms with Gasteiger partial charge in [-0.05, 0) is 49.5 Å². The molecule has 25 heavy (non-hydrogen) atoms. The van der Waals surface area contributed by atoms with Crippen LogP contribution in [-0.4, -0.2) is 27.7 Å². The Hall–Kier alpha value is -2.93. The molecule has 1 saturated heterocycles. The third-order valence-electron chi connectivity index (χ3n) is 4.73. The average Bonchev–Trinajstić information content (AvgIpc) is 3.01. The highest BCUT2D eigenvalue weighted by Crippen LogP contribution is 2.33. The van der Waals surface area contributed by atoms with E-state index in [1.807, 2.05) is 22.9 Å². The highest BCUT2D eigenvalue weighted by molar-refractivity contribution is 5.85. The minimum atomic E-state index is -0.422. The molecule has 1 aliphatic rings. The van der Waals surface area contributed by atoms with Gasteiger partial charge in [0.15, 0.2) is 0 Å². The summed E-state index contributed by atoms with van der Waals surface area (Å²) in [6, 6.07) is 11.1. The Bertz CT molecular complexity index is 915. The first-order chi connectivity index (χ1) is 12.2. The average molecular weight is 337 g/mol. The zero-order chi connectivity index (χ0) is 17.2. The fraction of sp³-hybridized carbons (Fsp3) is 0.278. The van der Waals surface area contributed by atoms with Crippen LogP contribution in [0.3, 0.4) is 0 Å². The maximum absolute atomic E-state index is 11.2. The molecule has 0 spiro atoms. The van der Waals surface area contributed by atoms with Gasteiger partial charge in [0, 0.05) is 23.8 Å². The number of fused-ring (bicyclic) bond motifs is 1. The second-order valence-electron chi connectivity index (χ2n) is 6.24. The summed E-state index contributed by atoms with van der Waals surface area (Å²) < 4.78 is 1.85. The van der Waals surface area contributed by atoms with Crippen molar-refractivity contribution in [2.45, 2.75) is 18.8 Å². The third-order valence-corrected chi connectivity index (χ3v) is 4.73. The number of rotatable bonds is 4. The number of anilines is 1. The van der Waals surface area contributed by atoms with Gasteiger partial charge in [0.1, 0.15) is 0 Å². The van der Waals surface area contributed by atoms with Gasteiger partial charge in [-0.1, -0.05) is 18.2 Å². The number of hydrogen-bond acceptors (Lipinski definition) is 5. The van der Waals surface area contributed by atoms with Crippen molar-refractivity contribution in [1.29, 1.82) is 0 Å². The van der Waals surface area contributed by atoms with Crippen molar-refractivity contribution in [3.63, 3.8) is 0 Å². The largest absolute Gasteiger partial charge is 0.317 e. The number of benzene rings is 1. The van der Waals surface area contributed by atoms with Gasteiger partial charge in [-0.3, -0.25) is 20.2 Å². The summed E-state index contributed by atoms with van der Waals surface area (Å²) in [6.07, 6.45) is 5.79. The van der Waals surface area contributed by atoms with Crippen molar-refractivity contribution in [2.75, 3.05) is 18.5 Å². The van der Waals surface area contributed by atoms with Crippen molar-refractivity contribution in [3.05, 3.63) is 64.5 Å². The number of nitro groups is 1. The molecule has 3 aromatic rings. The van der Waals surface area contributed by atoms with E-state index in [-0.39, 0.29) is 11.5 Å². The van der Waals surface area contributed by atoms with Crippen molar-refractivity contribution in [1.82, 2.24) is 15.0 Å². The molecule has 2 N–H and O–H groups in total.